The summed E-state index contributed by atoms with van der Waals surface area (Å²) in [5, 5.41) is 11.7. The zero-order valence-corrected chi connectivity index (χ0v) is 12.8. The van der Waals surface area contributed by atoms with Gasteiger partial charge in [0.05, 0.1) is 7.11 Å². The van der Waals surface area contributed by atoms with Crippen molar-refractivity contribution in [2.45, 2.75) is 25.3 Å². The van der Waals surface area contributed by atoms with Gasteiger partial charge < -0.3 is 20.1 Å². The standard InChI is InChI=1S/C13H20N2O5S/c1-20-12(19)14-7-10(16)15-8-13(2-4-21-5-3-13)6-9(15)11(17)18/h9H,2-8H2,1H3,(H,14,19)(H,17,18). The minimum atomic E-state index is -0.975. The lowest BCUT2D eigenvalue weighted by atomic mass is 9.80. The topological polar surface area (TPSA) is 95.9 Å². The van der Waals surface area contributed by atoms with Crippen molar-refractivity contribution in [1.82, 2.24) is 10.2 Å². The monoisotopic (exact) mass is 316 g/mol. The van der Waals surface area contributed by atoms with E-state index in [0.29, 0.717) is 13.0 Å². The van der Waals surface area contributed by atoms with Crippen molar-refractivity contribution in [2.75, 3.05) is 31.7 Å². The van der Waals surface area contributed by atoms with Crippen molar-refractivity contribution in [2.24, 2.45) is 5.41 Å². The van der Waals surface area contributed by atoms with Crippen LogP contribution >= 0.6 is 11.8 Å². The molecule has 8 heteroatoms. The van der Waals surface area contributed by atoms with Gasteiger partial charge in [0.2, 0.25) is 5.91 Å². The van der Waals surface area contributed by atoms with Crippen LogP contribution in [0.5, 0.6) is 0 Å². The number of carbonyl (C=O) groups excluding carboxylic acids is 2. The summed E-state index contributed by atoms with van der Waals surface area (Å²) in [5.41, 5.74) is -0.0742. The Morgan fingerprint density at radius 1 is 1.38 bits per heavy atom. The van der Waals surface area contributed by atoms with Crippen LogP contribution < -0.4 is 5.32 Å². The molecule has 7 nitrogen and oxygen atoms in total. The Hall–Kier alpha value is -1.44. The number of hydrogen-bond donors (Lipinski definition) is 2. The highest BCUT2D eigenvalue weighted by Gasteiger charge is 2.48. The van der Waals surface area contributed by atoms with Crippen LogP contribution in [0, 0.1) is 5.41 Å². The van der Waals surface area contributed by atoms with Crippen LogP contribution in [-0.2, 0) is 14.3 Å². The molecule has 2 aliphatic heterocycles. The molecule has 2 fully saturated rings. The van der Waals surface area contributed by atoms with E-state index in [-0.39, 0.29) is 17.9 Å². The van der Waals surface area contributed by atoms with Gasteiger partial charge >= 0.3 is 12.1 Å². The molecule has 0 bridgehead atoms. The second-order valence-electron chi connectivity index (χ2n) is 5.54. The highest BCUT2D eigenvalue weighted by molar-refractivity contribution is 7.99. The molecule has 2 heterocycles. The Bertz CT molecular complexity index is 436. The van der Waals surface area contributed by atoms with Gasteiger partial charge in [-0.05, 0) is 36.2 Å². The Balaban J connectivity index is 2.03. The van der Waals surface area contributed by atoms with Crippen molar-refractivity contribution in [1.29, 1.82) is 0 Å². The fraction of sp³-hybridized carbons (Fsp3) is 0.769. The maximum absolute atomic E-state index is 12.2. The van der Waals surface area contributed by atoms with Gasteiger partial charge in [-0.2, -0.15) is 11.8 Å². The number of ether oxygens (including phenoxy) is 1. The number of nitrogens with zero attached hydrogens (tertiary/aromatic N) is 1. The van der Waals surface area contributed by atoms with Gasteiger partial charge in [0.1, 0.15) is 12.6 Å². The largest absolute Gasteiger partial charge is 0.480 e. The molecule has 2 N–H and O–H groups in total. The lowest BCUT2D eigenvalue weighted by Gasteiger charge is -2.32. The number of rotatable bonds is 3. The quantitative estimate of drug-likeness (QED) is 0.789. The van der Waals surface area contributed by atoms with Gasteiger partial charge in [0.25, 0.3) is 0 Å². The summed E-state index contributed by atoms with van der Waals surface area (Å²) >= 11 is 1.87. The molecule has 1 spiro atoms. The van der Waals surface area contributed by atoms with Crippen LogP contribution in [0.4, 0.5) is 4.79 Å². The number of amides is 2. The maximum Gasteiger partial charge on any atom is 0.407 e. The molecular formula is C13H20N2O5S. The molecule has 118 valence electrons. The van der Waals surface area contributed by atoms with Gasteiger partial charge in [-0.1, -0.05) is 0 Å². The van der Waals surface area contributed by atoms with Crippen LogP contribution in [0.25, 0.3) is 0 Å². The van der Waals surface area contributed by atoms with Gasteiger partial charge in [-0.3, -0.25) is 4.79 Å². The normalized spacial score (nSPS) is 23.9. The molecule has 2 aliphatic rings. The van der Waals surface area contributed by atoms with Crippen molar-refractivity contribution >= 4 is 29.7 Å². The summed E-state index contributed by atoms with van der Waals surface area (Å²) in [7, 11) is 1.21. The molecular weight excluding hydrogens is 296 g/mol. The number of methoxy groups -OCH3 is 1. The van der Waals surface area contributed by atoms with Gasteiger partial charge in [0.15, 0.2) is 0 Å². The molecule has 0 aromatic rings. The molecule has 2 saturated heterocycles. The molecule has 21 heavy (non-hydrogen) atoms. The van der Waals surface area contributed by atoms with Crippen molar-refractivity contribution in [3.8, 4) is 0 Å². The fourth-order valence-electron chi connectivity index (χ4n) is 3.03. The third-order valence-electron chi connectivity index (χ3n) is 4.24. The summed E-state index contributed by atoms with van der Waals surface area (Å²) in [6.07, 6.45) is 1.69. The SMILES string of the molecule is COC(=O)NCC(=O)N1CC2(CCSCC2)CC1C(=O)O. The number of alkyl carbamates (subject to hydrolysis) is 1. The summed E-state index contributed by atoms with van der Waals surface area (Å²) < 4.78 is 4.41. The average Bonchev–Trinajstić information content (AvgIpc) is 2.84. The Morgan fingerprint density at radius 2 is 2.05 bits per heavy atom. The van der Waals surface area contributed by atoms with E-state index < -0.39 is 18.1 Å². The van der Waals surface area contributed by atoms with E-state index >= 15 is 0 Å². The lowest BCUT2D eigenvalue weighted by molar-refractivity contribution is -0.147. The predicted octanol–water partition coefficient (Wildman–Crippen LogP) is 0.541. The van der Waals surface area contributed by atoms with Crippen LogP contribution in [0.1, 0.15) is 19.3 Å². The second-order valence-corrected chi connectivity index (χ2v) is 6.76. The first-order valence-electron chi connectivity index (χ1n) is 6.89. The number of carbonyl (C=O) groups is 3. The molecule has 2 rings (SSSR count). The summed E-state index contributed by atoms with van der Waals surface area (Å²) in [6, 6.07) is -0.792. The number of carboxylic acid groups (broad SMARTS) is 1. The predicted molar refractivity (Wildman–Crippen MR) is 77.2 cm³/mol. The first kappa shape index (κ1) is 15.9. The second kappa shape index (κ2) is 6.55. The van der Waals surface area contributed by atoms with Crippen LogP contribution in [0.2, 0.25) is 0 Å². The zero-order valence-electron chi connectivity index (χ0n) is 12.0. The average molecular weight is 316 g/mol. The van der Waals surface area contributed by atoms with E-state index in [2.05, 4.69) is 10.1 Å². The molecule has 1 atom stereocenters. The first-order chi connectivity index (χ1) is 9.97. The minimum absolute atomic E-state index is 0.0742. The molecule has 0 aromatic carbocycles. The number of aliphatic carboxylic acids is 1. The Kier molecular flexibility index (Phi) is 4.97. The zero-order chi connectivity index (χ0) is 15.5. The summed E-state index contributed by atoms with van der Waals surface area (Å²) in [4.78, 5) is 36.0. The molecule has 0 saturated carbocycles. The maximum atomic E-state index is 12.2. The van der Waals surface area contributed by atoms with Gasteiger partial charge in [-0.15, -0.1) is 0 Å². The highest BCUT2D eigenvalue weighted by atomic mass is 32.2. The van der Waals surface area contributed by atoms with Crippen LogP contribution in [0.3, 0.4) is 0 Å². The number of carboxylic acids is 1. The molecule has 0 radical (unpaired) electrons. The number of hydrogen-bond acceptors (Lipinski definition) is 5. The molecule has 1 unspecified atom stereocenters. The Labute approximate surface area is 127 Å². The van der Waals surface area contributed by atoms with E-state index in [0.717, 1.165) is 24.3 Å². The molecule has 2 amide bonds. The van der Waals surface area contributed by atoms with Gasteiger partial charge in [0, 0.05) is 6.54 Å². The fourth-order valence-corrected chi connectivity index (χ4v) is 4.39. The van der Waals surface area contributed by atoms with E-state index in [4.69, 9.17) is 0 Å². The summed E-state index contributed by atoms with van der Waals surface area (Å²) in [5.74, 6) is 0.670. The Morgan fingerprint density at radius 3 is 2.62 bits per heavy atom. The number of nitrogens with one attached hydrogen (secondary N) is 1. The van der Waals surface area contributed by atoms with E-state index in [9.17, 15) is 19.5 Å². The minimum Gasteiger partial charge on any atom is -0.480 e. The van der Waals surface area contributed by atoms with Crippen molar-refractivity contribution in [3.05, 3.63) is 0 Å². The molecule has 0 aromatic heterocycles. The number of likely N-dealkylation sites (tertiary alicyclic amines) is 1. The first-order valence-corrected chi connectivity index (χ1v) is 8.05. The van der Waals surface area contributed by atoms with Crippen LogP contribution in [-0.4, -0.2) is 65.7 Å². The van der Waals surface area contributed by atoms with Crippen molar-refractivity contribution < 1.29 is 24.2 Å². The van der Waals surface area contributed by atoms with E-state index in [1.165, 1.54) is 12.0 Å². The third kappa shape index (κ3) is 3.61. The van der Waals surface area contributed by atoms with E-state index in [1.54, 1.807) is 0 Å². The van der Waals surface area contributed by atoms with Crippen molar-refractivity contribution in [3.63, 3.8) is 0 Å². The third-order valence-corrected chi connectivity index (χ3v) is 5.22. The lowest BCUT2D eigenvalue weighted by Crippen LogP contribution is -2.46. The molecule has 0 aliphatic carbocycles. The smallest absolute Gasteiger partial charge is 0.407 e. The highest BCUT2D eigenvalue weighted by Crippen LogP contribution is 2.45. The number of thioether (sulfide) groups is 1. The van der Waals surface area contributed by atoms with E-state index in [1.807, 2.05) is 11.8 Å². The van der Waals surface area contributed by atoms with Crippen LogP contribution in [0.15, 0.2) is 0 Å². The summed E-state index contributed by atoms with van der Waals surface area (Å²) in [6.45, 7) is 0.230. The van der Waals surface area contributed by atoms with Gasteiger partial charge in [-0.25, -0.2) is 9.59 Å².